The molecule has 6 heteroatoms. The van der Waals surface area contributed by atoms with Gasteiger partial charge in [-0.1, -0.05) is 11.6 Å². The molecular formula is C12H14ClN3OS. The molecule has 0 aromatic carbocycles. The molecule has 0 aliphatic heterocycles. The molecule has 0 amide bonds. The number of nitrogens with zero attached hydrogens (tertiary/aromatic N) is 2. The number of halogens is 1. The van der Waals surface area contributed by atoms with E-state index in [9.17, 15) is 0 Å². The van der Waals surface area contributed by atoms with Gasteiger partial charge in [-0.3, -0.25) is 0 Å². The summed E-state index contributed by atoms with van der Waals surface area (Å²) in [7, 11) is 0. The zero-order chi connectivity index (χ0) is 13.0. The number of aryl methyl sites for hydroxylation is 1. The minimum Gasteiger partial charge on any atom is -0.477 e. The Morgan fingerprint density at radius 3 is 2.94 bits per heavy atom. The van der Waals surface area contributed by atoms with E-state index in [1.165, 1.54) is 4.88 Å². The maximum atomic E-state index is 5.93. The summed E-state index contributed by atoms with van der Waals surface area (Å²) in [4.78, 5) is 9.54. The fraction of sp³-hybridized carbons (Fsp3) is 0.333. The molecular weight excluding hydrogens is 270 g/mol. The maximum Gasteiger partial charge on any atom is 0.213 e. The zero-order valence-electron chi connectivity index (χ0n) is 10.0. The quantitative estimate of drug-likeness (QED) is 0.916. The van der Waals surface area contributed by atoms with Crippen LogP contribution in [0.2, 0.25) is 5.02 Å². The lowest BCUT2D eigenvalue weighted by molar-refractivity contribution is 0.310. The third-order valence-electron chi connectivity index (χ3n) is 2.55. The van der Waals surface area contributed by atoms with E-state index >= 15 is 0 Å². The molecule has 0 aliphatic rings. The van der Waals surface area contributed by atoms with E-state index in [0.29, 0.717) is 24.1 Å². The largest absolute Gasteiger partial charge is 0.477 e. The molecule has 0 saturated carbocycles. The van der Waals surface area contributed by atoms with Crippen LogP contribution in [0.1, 0.15) is 16.1 Å². The summed E-state index contributed by atoms with van der Waals surface area (Å²) in [5.74, 6) is 0.557. The van der Waals surface area contributed by atoms with Crippen LogP contribution >= 0.6 is 22.9 Å². The topological polar surface area (TPSA) is 61.0 Å². The van der Waals surface area contributed by atoms with Crippen LogP contribution in [0.4, 0.5) is 0 Å². The number of thiazole rings is 1. The lowest BCUT2D eigenvalue weighted by Crippen LogP contribution is -2.04. The third-order valence-corrected chi connectivity index (χ3v) is 3.89. The molecule has 18 heavy (non-hydrogen) atoms. The Morgan fingerprint density at radius 2 is 2.28 bits per heavy atom. The van der Waals surface area contributed by atoms with Gasteiger partial charge >= 0.3 is 0 Å². The Hall–Kier alpha value is -1.17. The lowest BCUT2D eigenvalue weighted by atomic mass is 10.2. The number of hydrogen-bond donors (Lipinski definition) is 1. The van der Waals surface area contributed by atoms with Crippen molar-refractivity contribution < 1.29 is 4.74 Å². The molecule has 2 heterocycles. The van der Waals surface area contributed by atoms with Gasteiger partial charge < -0.3 is 10.5 Å². The highest BCUT2D eigenvalue weighted by Gasteiger charge is 2.05. The van der Waals surface area contributed by atoms with Gasteiger partial charge in [-0.2, -0.15) is 0 Å². The Bertz CT molecular complexity index is 530. The third kappa shape index (κ3) is 3.19. The van der Waals surface area contributed by atoms with E-state index in [2.05, 4.69) is 9.97 Å². The second-order valence-corrected chi connectivity index (χ2v) is 5.12. The van der Waals surface area contributed by atoms with Crippen molar-refractivity contribution in [2.24, 2.45) is 5.73 Å². The molecule has 0 spiro atoms. The number of nitrogens with two attached hydrogens (primary N) is 1. The summed E-state index contributed by atoms with van der Waals surface area (Å²) in [6, 6.07) is 1.78. The minimum atomic E-state index is 0.381. The molecule has 0 fully saturated rings. The first kappa shape index (κ1) is 13.3. The van der Waals surface area contributed by atoms with Gasteiger partial charge in [0.25, 0.3) is 0 Å². The SMILES string of the molecule is Cc1ncsc1CCOc1cc(CN)c(Cl)cn1. The van der Waals surface area contributed by atoms with Crippen molar-refractivity contribution in [2.75, 3.05) is 6.61 Å². The van der Waals surface area contributed by atoms with Crippen LogP contribution < -0.4 is 10.5 Å². The van der Waals surface area contributed by atoms with E-state index in [0.717, 1.165) is 17.7 Å². The fourth-order valence-corrected chi connectivity index (χ4v) is 2.45. The highest BCUT2D eigenvalue weighted by atomic mass is 35.5. The van der Waals surface area contributed by atoms with Gasteiger partial charge in [0, 0.05) is 30.1 Å². The number of rotatable bonds is 5. The smallest absolute Gasteiger partial charge is 0.213 e. The Labute approximate surface area is 115 Å². The molecule has 96 valence electrons. The van der Waals surface area contributed by atoms with Gasteiger partial charge in [-0.15, -0.1) is 11.3 Å². The molecule has 0 atom stereocenters. The van der Waals surface area contributed by atoms with Crippen LogP contribution in [-0.4, -0.2) is 16.6 Å². The standard InChI is InChI=1S/C12H14ClN3OS/c1-8-11(18-7-16-8)2-3-17-12-4-9(5-14)10(13)6-15-12/h4,6-7H,2-3,5,14H2,1H3. The van der Waals surface area contributed by atoms with Crippen molar-refractivity contribution in [1.29, 1.82) is 0 Å². The molecule has 2 rings (SSSR count). The molecule has 0 radical (unpaired) electrons. The maximum absolute atomic E-state index is 5.93. The Morgan fingerprint density at radius 1 is 1.44 bits per heavy atom. The summed E-state index contributed by atoms with van der Waals surface area (Å²) in [6.45, 7) is 2.95. The molecule has 0 aliphatic carbocycles. The summed E-state index contributed by atoms with van der Waals surface area (Å²) in [6.07, 6.45) is 2.40. The first-order valence-electron chi connectivity index (χ1n) is 5.57. The van der Waals surface area contributed by atoms with Crippen LogP contribution in [0.15, 0.2) is 17.8 Å². The van der Waals surface area contributed by atoms with Crippen molar-refractivity contribution in [1.82, 2.24) is 9.97 Å². The van der Waals surface area contributed by atoms with Gasteiger partial charge in [0.1, 0.15) is 0 Å². The van der Waals surface area contributed by atoms with Crippen molar-refractivity contribution in [3.63, 3.8) is 0 Å². The van der Waals surface area contributed by atoms with Crippen LogP contribution in [0, 0.1) is 6.92 Å². The summed E-state index contributed by atoms with van der Waals surface area (Å²) in [5, 5.41) is 0.572. The molecule has 2 aromatic rings. The summed E-state index contributed by atoms with van der Waals surface area (Å²) >= 11 is 7.57. The van der Waals surface area contributed by atoms with Crippen molar-refractivity contribution in [2.45, 2.75) is 19.9 Å². The fourth-order valence-electron chi connectivity index (χ4n) is 1.51. The molecule has 0 bridgehead atoms. The molecule has 2 aromatic heterocycles. The summed E-state index contributed by atoms with van der Waals surface area (Å²) in [5.41, 5.74) is 9.32. The van der Waals surface area contributed by atoms with Crippen molar-refractivity contribution in [3.8, 4) is 5.88 Å². The predicted molar refractivity (Wildman–Crippen MR) is 73.2 cm³/mol. The first-order chi connectivity index (χ1) is 8.70. The second kappa shape index (κ2) is 6.13. The van der Waals surface area contributed by atoms with E-state index in [-0.39, 0.29) is 0 Å². The van der Waals surface area contributed by atoms with Gasteiger partial charge in [0.05, 0.1) is 22.8 Å². The normalized spacial score (nSPS) is 10.6. The van der Waals surface area contributed by atoms with Gasteiger partial charge in [0.15, 0.2) is 0 Å². The second-order valence-electron chi connectivity index (χ2n) is 3.78. The summed E-state index contributed by atoms with van der Waals surface area (Å²) < 4.78 is 5.59. The predicted octanol–water partition coefficient (Wildman–Crippen LogP) is 2.58. The zero-order valence-corrected chi connectivity index (χ0v) is 11.6. The van der Waals surface area contributed by atoms with Crippen molar-refractivity contribution in [3.05, 3.63) is 38.9 Å². The number of aromatic nitrogens is 2. The van der Waals surface area contributed by atoms with Crippen LogP contribution in [0.25, 0.3) is 0 Å². The van der Waals surface area contributed by atoms with Gasteiger partial charge in [-0.05, 0) is 12.5 Å². The highest BCUT2D eigenvalue weighted by Crippen LogP contribution is 2.19. The lowest BCUT2D eigenvalue weighted by Gasteiger charge is -2.07. The molecule has 0 unspecified atom stereocenters. The van der Waals surface area contributed by atoms with E-state index in [1.54, 1.807) is 23.6 Å². The molecule has 0 saturated heterocycles. The average Bonchev–Trinajstić information content (AvgIpc) is 2.77. The minimum absolute atomic E-state index is 0.381. The number of ether oxygens (including phenoxy) is 1. The van der Waals surface area contributed by atoms with Gasteiger partial charge in [0.2, 0.25) is 5.88 Å². The van der Waals surface area contributed by atoms with Crippen LogP contribution in [0.3, 0.4) is 0 Å². The number of hydrogen-bond acceptors (Lipinski definition) is 5. The Kier molecular flexibility index (Phi) is 4.52. The van der Waals surface area contributed by atoms with Crippen LogP contribution in [-0.2, 0) is 13.0 Å². The van der Waals surface area contributed by atoms with E-state index in [1.807, 2.05) is 12.4 Å². The highest BCUT2D eigenvalue weighted by molar-refractivity contribution is 7.09. The number of pyridine rings is 1. The molecule has 4 nitrogen and oxygen atoms in total. The average molecular weight is 284 g/mol. The molecule has 2 N–H and O–H groups in total. The first-order valence-corrected chi connectivity index (χ1v) is 6.82. The van der Waals surface area contributed by atoms with E-state index < -0.39 is 0 Å². The van der Waals surface area contributed by atoms with Crippen LogP contribution in [0.5, 0.6) is 5.88 Å². The monoisotopic (exact) mass is 283 g/mol. The van der Waals surface area contributed by atoms with Crippen molar-refractivity contribution >= 4 is 22.9 Å². The van der Waals surface area contributed by atoms with Gasteiger partial charge in [-0.25, -0.2) is 9.97 Å². The Balaban J connectivity index is 1.92. The van der Waals surface area contributed by atoms with E-state index in [4.69, 9.17) is 22.1 Å².